The number of aromatic nitrogens is 4. The van der Waals surface area contributed by atoms with Crippen molar-refractivity contribution in [1.29, 1.82) is 0 Å². The van der Waals surface area contributed by atoms with Gasteiger partial charge in [-0.25, -0.2) is 15.0 Å². The first-order valence-corrected chi connectivity index (χ1v) is 8.52. The van der Waals surface area contributed by atoms with E-state index >= 15 is 0 Å². The molecule has 0 aromatic heterocycles. The fourth-order valence-corrected chi connectivity index (χ4v) is 2.79. The summed E-state index contributed by atoms with van der Waals surface area (Å²) in [5.41, 5.74) is 6.23. The number of anilines is 1. The van der Waals surface area contributed by atoms with E-state index in [4.69, 9.17) is 15.2 Å². The van der Waals surface area contributed by atoms with Gasteiger partial charge in [0, 0.05) is 7.11 Å². The first-order valence-electron chi connectivity index (χ1n) is 6.76. The van der Waals surface area contributed by atoms with Gasteiger partial charge in [-0.3, -0.25) is 9.13 Å². The molecule has 3 heterocycles. The van der Waals surface area contributed by atoms with Gasteiger partial charge < -0.3 is 34.8 Å². The molecular weight excluding hydrogens is 345 g/mol. The first-order chi connectivity index (χ1) is 11.3. The molecule has 1 saturated heterocycles. The van der Waals surface area contributed by atoms with Crippen molar-refractivity contribution in [2.45, 2.75) is 18.1 Å². The molecule has 0 aromatic rings. The Hall–Kier alpha value is -1.66. The van der Waals surface area contributed by atoms with Crippen LogP contribution in [0.5, 0.6) is 0 Å². The molecule has 0 aromatic carbocycles. The molecule has 0 radical (unpaired) electrons. The second kappa shape index (κ2) is 6.01. The van der Waals surface area contributed by atoms with Crippen LogP contribution in [0.1, 0.15) is 0 Å². The maximum absolute atomic E-state index is 11.7. The summed E-state index contributed by atoms with van der Waals surface area (Å²) in [6.45, 7) is -0.291. The number of nitrogens with zero attached hydrogens (tertiary/aromatic N) is 4. The van der Waals surface area contributed by atoms with E-state index in [0.29, 0.717) is 0 Å². The minimum absolute atomic E-state index is 0.0177. The molecule has 0 amide bonds. The van der Waals surface area contributed by atoms with Gasteiger partial charge in [-0.1, -0.05) is 0 Å². The van der Waals surface area contributed by atoms with Crippen LogP contribution in [0.2, 0.25) is 0 Å². The lowest BCUT2D eigenvalue weighted by molar-refractivity contribution is -0.297. The number of nitrogen functional groups attached to an aromatic ring is 1. The number of nitrogens with two attached hydrogens (primary N) is 1. The van der Waals surface area contributed by atoms with Crippen LogP contribution in [0.15, 0.2) is 12.7 Å². The Morgan fingerprint density at radius 2 is 2.25 bits per heavy atom. The highest BCUT2D eigenvalue weighted by Crippen LogP contribution is 2.45. The van der Waals surface area contributed by atoms with Crippen LogP contribution in [0.25, 0.3) is 11.5 Å². The average molecular weight is 361 g/mol. The molecular formula is C11H16N5O7P. The molecule has 5 N–H and O–H groups in total. The summed E-state index contributed by atoms with van der Waals surface area (Å²) in [5.74, 6) is -1.83. The molecule has 3 aliphatic heterocycles. The van der Waals surface area contributed by atoms with Gasteiger partial charge in [0.1, 0.15) is 30.3 Å². The Bertz CT molecular complexity index is 756. The number of imidazole rings is 1. The van der Waals surface area contributed by atoms with Gasteiger partial charge in [0.2, 0.25) is 0 Å². The predicted molar refractivity (Wildman–Crippen MR) is 77.6 cm³/mol. The topological polar surface area (TPSA) is 175 Å². The standard InChI is InChI=1S/C11H16N5O7P/c1-21-24(19,20)5-23-11(8(18)6(17)2-22-11)16-4-15-10-7(9(16)12)13-3-14-10/h3-4,6,8,17-18H,2,5,12H2,1H3,(H,19,20)/t6-,8-,11+/m1/s1. The molecule has 0 spiro atoms. The van der Waals surface area contributed by atoms with E-state index in [1.54, 1.807) is 0 Å². The molecule has 0 bridgehead atoms. The van der Waals surface area contributed by atoms with Gasteiger partial charge >= 0.3 is 7.60 Å². The van der Waals surface area contributed by atoms with E-state index in [0.717, 1.165) is 11.7 Å². The third-order valence-corrected chi connectivity index (χ3v) is 4.66. The van der Waals surface area contributed by atoms with Gasteiger partial charge in [0.05, 0.1) is 6.61 Å². The van der Waals surface area contributed by atoms with Crippen molar-refractivity contribution in [2.75, 3.05) is 25.8 Å². The Balaban J connectivity index is 2.06. The zero-order chi connectivity index (χ0) is 17.5. The van der Waals surface area contributed by atoms with E-state index in [-0.39, 0.29) is 23.9 Å². The van der Waals surface area contributed by atoms with Crippen LogP contribution in [-0.4, -0.2) is 66.9 Å². The second-order valence-electron chi connectivity index (χ2n) is 5.09. The summed E-state index contributed by atoms with van der Waals surface area (Å²) >= 11 is 0. The number of hydrogen-bond donors (Lipinski definition) is 4. The van der Waals surface area contributed by atoms with E-state index in [1.165, 1.54) is 12.7 Å². The number of rotatable bonds is 5. The predicted octanol–water partition coefficient (Wildman–Crippen LogP) is -1.47. The molecule has 3 rings (SSSR count). The van der Waals surface area contributed by atoms with Crippen molar-refractivity contribution in [2.24, 2.45) is 0 Å². The third-order valence-electron chi connectivity index (χ3n) is 3.63. The van der Waals surface area contributed by atoms with Crippen molar-refractivity contribution >= 4 is 13.4 Å². The minimum atomic E-state index is -4.08. The molecule has 13 heteroatoms. The number of fused-ring (bicyclic) bond motifs is 1. The first kappa shape index (κ1) is 17.2. The fourth-order valence-electron chi connectivity index (χ4n) is 2.33. The van der Waals surface area contributed by atoms with Crippen LogP contribution < -0.4 is 5.73 Å². The summed E-state index contributed by atoms with van der Waals surface area (Å²) < 4.78 is 27.9. The number of hydrogen-bond acceptors (Lipinski definition) is 10. The highest BCUT2D eigenvalue weighted by atomic mass is 31.2. The summed E-state index contributed by atoms with van der Waals surface area (Å²) in [5, 5.41) is 20.2. The highest BCUT2D eigenvalue weighted by Gasteiger charge is 2.54. The lowest BCUT2D eigenvalue weighted by atomic mass is 10.2. The molecule has 12 nitrogen and oxygen atoms in total. The fraction of sp³-hybridized carbons (Fsp3) is 0.545. The van der Waals surface area contributed by atoms with Crippen molar-refractivity contribution in [3.8, 4) is 11.5 Å². The summed E-state index contributed by atoms with van der Waals surface area (Å²) in [4.78, 5) is 21.4. The zero-order valence-electron chi connectivity index (χ0n) is 12.5. The van der Waals surface area contributed by atoms with Crippen LogP contribution in [0.3, 0.4) is 0 Å². The molecule has 24 heavy (non-hydrogen) atoms. The largest absolute Gasteiger partial charge is 0.388 e. The van der Waals surface area contributed by atoms with E-state index < -0.39 is 32.1 Å². The maximum atomic E-state index is 11.7. The molecule has 1 fully saturated rings. The van der Waals surface area contributed by atoms with Gasteiger partial charge in [-0.05, 0) is 0 Å². The third kappa shape index (κ3) is 2.67. The smallest absolute Gasteiger partial charge is 0.353 e. The molecule has 132 valence electrons. The number of aliphatic hydroxyl groups is 2. The molecule has 1 unspecified atom stereocenters. The molecule has 0 aliphatic carbocycles. The summed E-state index contributed by atoms with van der Waals surface area (Å²) in [6.07, 6.45) is -1.31. The van der Waals surface area contributed by atoms with Crippen molar-refractivity contribution < 1.29 is 33.7 Å². The van der Waals surface area contributed by atoms with Crippen molar-refractivity contribution in [3.63, 3.8) is 0 Å². The Labute approximate surface area is 135 Å². The monoisotopic (exact) mass is 361 g/mol. The van der Waals surface area contributed by atoms with E-state index in [9.17, 15) is 19.7 Å². The quantitative estimate of drug-likeness (QED) is 0.457. The van der Waals surface area contributed by atoms with Crippen LogP contribution in [-0.2, 0) is 24.5 Å². The van der Waals surface area contributed by atoms with Gasteiger partial charge in [0.25, 0.3) is 5.91 Å². The number of ether oxygens (including phenoxy) is 2. The van der Waals surface area contributed by atoms with Crippen LogP contribution >= 0.6 is 7.60 Å². The molecule has 0 saturated carbocycles. The summed E-state index contributed by atoms with van der Waals surface area (Å²) in [6, 6.07) is 0. The maximum Gasteiger partial charge on any atom is 0.353 e. The van der Waals surface area contributed by atoms with Gasteiger partial charge in [-0.2, -0.15) is 0 Å². The van der Waals surface area contributed by atoms with Crippen molar-refractivity contribution in [3.05, 3.63) is 12.7 Å². The Morgan fingerprint density at radius 1 is 1.50 bits per heavy atom. The van der Waals surface area contributed by atoms with E-state index in [2.05, 4.69) is 19.5 Å². The SMILES string of the molecule is COP(=O)(O)CO[C@@]1(n2cnc3ncnc-3c2N)OC[C@@H](O)[C@H]1O. The number of aliphatic hydroxyl groups excluding tert-OH is 2. The highest BCUT2D eigenvalue weighted by molar-refractivity contribution is 7.52. The summed E-state index contributed by atoms with van der Waals surface area (Å²) in [7, 11) is -3.05. The Morgan fingerprint density at radius 3 is 2.88 bits per heavy atom. The normalized spacial score (nSPS) is 29.8. The average Bonchev–Trinajstić information content (AvgIpc) is 3.14. The van der Waals surface area contributed by atoms with Gasteiger partial charge in [0.15, 0.2) is 18.3 Å². The van der Waals surface area contributed by atoms with Gasteiger partial charge in [-0.15, -0.1) is 0 Å². The zero-order valence-corrected chi connectivity index (χ0v) is 13.4. The van der Waals surface area contributed by atoms with Crippen molar-refractivity contribution in [1.82, 2.24) is 19.5 Å². The molecule has 3 aliphatic rings. The minimum Gasteiger partial charge on any atom is -0.388 e. The van der Waals surface area contributed by atoms with Crippen LogP contribution in [0, 0.1) is 0 Å². The lowest BCUT2D eigenvalue weighted by Crippen LogP contribution is -2.49. The second-order valence-corrected chi connectivity index (χ2v) is 6.99. The molecule has 4 atom stereocenters. The Kier molecular flexibility index (Phi) is 4.30. The van der Waals surface area contributed by atoms with E-state index in [1.807, 2.05) is 0 Å². The van der Waals surface area contributed by atoms with Crippen LogP contribution in [0.4, 0.5) is 5.82 Å². The lowest BCUT2D eigenvalue weighted by Gasteiger charge is -2.35.